The van der Waals surface area contributed by atoms with Gasteiger partial charge >= 0.3 is 18.4 Å². The molecule has 27 heteroatoms. The Labute approximate surface area is 614 Å². The molecule has 0 spiro atoms. The maximum absolute atomic E-state index is 14.2. The van der Waals surface area contributed by atoms with E-state index in [9.17, 15) is 50.3 Å². The highest BCUT2D eigenvalue weighted by molar-refractivity contribution is 7.99. The lowest BCUT2D eigenvalue weighted by Gasteiger charge is -2.20. The Morgan fingerprint density at radius 3 is 1.41 bits per heavy atom. The number of guanidine groups is 1. The van der Waals surface area contributed by atoms with Crippen LogP contribution in [0.1, 0.15) is 130 Å². The van der Waals surface area contributed by atoms with Crippen molar-refractivity contribution >= 4 is 113 Å². The number of nitrogens with two attached hydrogens (primary N) is 4. The minimum Gasteiger partial charge on any atom is -0.444 e. The van der Waals surface area contributed by atoms with Crippen molar-refractivity contribution in [2.75, 3.05) is 61.4 Å². The molecule has 17 nitrogen and oxygen atoms in total. The predicted molar refractivity (Wildman–Crippen MR) is 407 cm³/mol. The number of benzene rings is 6. The van der Waals surface area contributed by atoms with Crippen molar-refractivity contribution in [1.29, 1.82) is 0 Å². The van der Waals surface area contributed by atoms with Crippen LogP contribution in [0.15, 0.2) is 136 Å². The van der Waals surface area contributed by atoms with E-state index in [0.717, 1.165) is 127 Å². The fourth-order valence-corrected chi connectivity index (χ4v) is 14.9. The van der Waals surface area contributed by atoms with Gasteiger partial charge in [-0.2, -0.15) is 26.3 Å². The van der Waals surface area contributed by atoms with E-state index in [1.807, 2.05) is 91.9 Å². The summed E-state index contributed by atoms with van der Waals surface area (Å²) in [5, 5.41) is 13.8. The number of unbranched alkanes of at least 4 members (excludes halogenated alkanes) is 1. The molecule has 0 radical (unpaired) electrons. The number of carbonyl (C=O) groups excluding carboxylic acids is 5. The molecule has 2 heterocycles. The van der Waals surface area contributed by atoms with Crippen LogP contribution in [-0.4, -0.2) is 102 Å². The Bertz CT molecular complexity index is 4230. The molecule has 8 rings (SSSR count). The molecule has 0 saturated carbocycles. The van der Waals surface area contributed by atoms with Crippen LogP contribution >= 0.6 is 46.2 Å². The van der Waals surface area contributed by atoms with Crippen LogP contribution in [0, 0.1) is 0 Å². The molecule has 0 aliphatic rings. The van der Waals surface area contributed by atoms with E-state index in [1.54, 1.807) is 20.8 Å². The molecular formula is C76H91F6N11O6S4. The van der Waals surface area contributed by atoms with E-state index in [-0.39, 0.29) is 122 Å². The van der Waals surface area contributed by atoms with E-state index >= 15 is 0 Å². The second kappa shape index (κ2) is 39.5. The van der Waals surface area contributed by atoms with E-state index in [4.69, 9.17) is 37.6 Å². The first-order valence-electron chi connectivity index (χ1n) is 34.1. The van der Waals surface area contributed by atoms with Crippen molar-refractivity contribution in [3.8, 4) is 21.1 Å². The lowest BCUT2D eigenvalue weighted by molar-refractivity contribution is -0.138. The number of Topliss-reactive ketones (excluding diaryl/α,β-unsaturated/α-hetero) is 4. The Morgan fingerprint density at radius 2 is 0.990 bits per heavy atom. The van der Waals surface area contributed by atoms with Crippen molar-refractivity contribution in [2.45, 2.75) is 152 Å². The summed E-state index contributed by atoms with van der Waals surface area (Å²) in [6, 6.07) is 31.4. The van der Waals surface area contributed by atoms with Gasteiger partial charge in [0.2, 0.25) is 0 Å². The van der Waals surface area contributed by atoms with Crippen LogP contribution < -0.4 is 44.2 Å². The van der Waals surface area contributed by atoms with Crippen LogP contribution in [0.2, 0.25) is 0 Å². The van der Waals surface area contributed by atoms with Crippen LogP contribution in [0.25, 0.3) is 41.6 Å². The average Bonchev–Trinajstić information content (AvgIpc) is 1.43. The number of thiazole rings is 2. The number of nitrogens with zero attached hydrogens (tertiary/aromatic N) is 3. The standard InChI is InChI=1S/C42H51F3N4O4S2.C34H40F3N7O2S2/c1-7-9-18-47-33-15-13-29(14-16-33)39-49-36-17-12-28(22-37(36)55-39)21-35(51)26-31-24-32(42(43,44)45)23-30(38(31)54-20-8-2)25-34(50)11-10-19-46-27(3)48-40(52)53-41(4,5)6;35-34(36,37)25-17-23(19-27(45)3-1-12-43-33(40)41)31(47-14-11-39)24(18-25)20-28(46)15-21-4-9-29-30(16-21)48-32(44-29)22-5-7-26(8-6-22)42-13-2-10-38/h12-17,22-24,46-47H,3,7-11,18-21,25-26H2,1-2,4-6H3,(H,48,52);4-9,16-18,42H,1-3,10-15,19-20,38-39H2,(H4,40,41,43). The molecule has 552 valence electrons. The highest BCUT2D eigenvalue weighted by Crippen LogP contribution is 2.40. The largest absolute Gasteiger partial charge is 0.444 e. The van der Waals surface area contributed by atoms with Gasteiger partial charge in [-0.05, 0) is 196 Å². The van der Waals surface area contributed by atoms with Crippen LogP contribution in [-0.2, 0) is 74.8 Å². The number of aliphatic imine (C=N–C) groups is 1. The first-order chi connectivity index (χ1) is 49.0. The number of ether oxygens (including phenoxy) is 1. The van der Waals surface area contributed by atoms with E-state index in [2.05, 4.69) is 39.8 Å². The fourth-order valence-electron chi connectivity index (χ4n) is 10.8. The zero-order valence-electron chi connectivity index (χ0n) is 58.7. The quantitative estimate of drug-likeness (QED) is 0.00587. The lowest BCUT2D eigenvalue weighted by atomic mass is 9.96. The van der Waals surface area contributed by atoms with Gasteiger partial charge in [0.25, 0.3) is 0 Å². The normalized spacial score (nSPS) is 11.6. The number of fused-ring (bicyclic) bond motifs is 2. The molecule has 1 amide bonds. The van der Waals surface area contributed by atoms with Crippen molar-refractivity contribution in [3.05, 3.63) is 166 Å². The van der Waals surface area contributed by atoms with Gasteiger partial charge in [-0.3, -0.25) is 29.5 Å². The van der Waals surface area contributed by atoms with Crippen LogP contribution in [0.4, 0.5) is 42.5 Å². The third-order valence-corrected chi connectivity index (χ3v) is 20.4. The van der Waals surface area contributed by atoms with Crippen molar-refractivity contribution in [1.82, 2.24) is 20.6 Å². The number of nitrogens with one attached hydrogen (secondary N) is 4. The summed E-state index contributed by atoms with van der Waals surface area (Å²) >= 11 is 5.66. The predicted octanol–water partition coefficient (Wildman–Crippen LogP) is 15.8. The molecule has 6 aromatic carbocycles. The lowest BCUT2D eigenvalue weighted by Crippen LogP contribution is -2.36. The molecular weight excluding hydrogens is 1410 g/mol. The summed E-state index contributed by atoms with van der Waals surface area (Å²) in [7, 11) is 0. The number of ketones is 4. The first kappa shape index (κ1) is 82.0. The van der Waals surface area contributed by atoms with Gasteiger partial charge < -0.3 is 43.6 Å². The summed E-state index contributed by atoms with van der Waals surface area (Å²) in [5.74, 6) is 0.180. The molecule has 0 atom stereocenters. The Balaban J connectivity index is 0.000000291. The number of alkyl carbamates (subject to hydrolysis) is 1. The minimum atomic E-state index is -4.66. The Hall–Kier alpha value is -8.34. The number of anilines is 2. The summed E-state index contributed by atoms with van der Waals surface area (Å²) in [4.78, 5) is 79.2. The maximum Gasteiger partial charge on any atom is 0.416 e. The van der Waals surface area contributed by atoms with Gasteiger partial charge in [0, 0.05) is 122 Å². The van der Waals surface area contributed by atoms with Gasteiger partial charge in [0.1, 0.15) is 44.6 Å². The van der Waals surface area contributed by atoms with Crippen molar-refractivity contribution in [3.63, 3.8) is 0 Å². The van der Waals surface area contributed by atoms with Gasteiger partial charge in [-0.1, -0.05) is 39.0 Å². The second-order valence-corrected chi connectivity index (χ2v) is 29.9. The number of thioether (sulfide) groups is 2. The third-order valence-electron chi connectivity index (χ3n) is 15.6. The van der Waals surface area contributed by atoms with Crippen LogP contribution in [0.3, 0.4) is 0 Å². The molecule has 0 unspecified atom stereocenters. The summed E-state index contributed by atoms with van der Waals surface area (Å²) in [6.45, 7) is 16.2. The number of aromatic nitrogens is 2. The van der Waals surface area contributed by atoms with Crippen molar-refractivity contribution in [2.24, 2.45) is 27.9 Å². The van der Waals surface area contributed by atoms with E-state index < -0.39 is 35.2 Å². The summed E-state index contributed by atoms with van der Waals surface area (Å²) in [6.07, 6.45) is -5.95. The Kier molecular flexibility index (Phi) is 31.4. The first-order valence-corrected chi connectivity index (χ1v) is 37.8. The van der Waals surface area contributed by atoms with E-state index in [0.29, 0.717) is 47.2 Å². The molecule has 0 saturated heterocycles. The maximum atomic E-state index is 14.2. The molecule has 0 aliphatic heterocycles. The fraction of sp³-hybridized carbons (Fsp3) is 0.395. The number of hydrogen-bond acceptors (Lipinski definition) is 18. The van der Waals surface area contributed by atoms with Gasteiger partial charge in [-0.15, -0.1) is 46.2 Å². The van der Waals surface area contributed by atoms with E-state index in [1.165, 1.54) is 46.2 Å². The van der Waals surface area contributed by atoms with Crippen LogP contribution in [0.5, 0.6) is 0 Å². The monoisotopic (exact) mass is 1500 g/mol. The molecule has 0 bridgehead atoms. The van der Waals surface area contributed by atoms with Crippen molar-refractivity contribution < 1.29 is 55.1 Å². The second-order valence-electron chi connectivity index (χ2n) is 25.6. The Morgan fingerprint density at radius 1 is 0.544 bits per heavy atom. The number of amides is 1. The number of carbonyl (C=O) groups is 5. The molecule has 12 N–H and O–H groups in total. The van der Waals surface area contributed by atoms with Gasteiger partial charge in [0.05, 0.1) is 31.6 Å². The topological polar surface area (TPSA) is 285 Å². The number of rotatable bonds is 38. The SMILES string of the molecule is C=C(NCCCC(=O)Cc1cc(C(F)(F)F)cc(CC(=O)Cc2ccc3nc(-c4ccc(NCCCC)cc4)sc3c2)c1SCCC)NC(=O)OC(C)(C)C.NCCCNc1ccc(-c2nc3ccc(CC(=O)Cc4cc(C(F)(F)F)cc(CC(=O)CCCN=C(N)N)c4SCCN)cc3s2)cc1. The minimum absolute atomic E-state index is 0.0304. The molecule has 8 aromatic rings. The molecule has 2 aromatic heterocycles. The third kappa shape index (κ3) is 27.0. The summed E-state index contributed by atoms with van der Waals surface area (Å²) in [5.41, 5.74) is 27.6. The van der Waals surface area contributed by atoms with Gasteiger partial charge in [-0.25, -0.2) is 14.8 Å². The smallest absolute Gasteiger partial charge is 0.416 e. The molecule has 0 aliphatic carbocycles. The zero-order valence-corrected chi connectivity index (χ0v) is 61.9. The average molecular weight is 1500 g/mol. The highest BCUT2D eigenvalue weighted by Gasteiger charge is 2.35. The summed E-state index contributed by atoms with van der Waals surface area (Å²) < 4.78 is 91.5. The number of hydrogen-bond donors (Lipinski definition) is 8. The van der Waals surface area contributed by atoms with Gasteiger partial charge in [0.15, 0.2) is 5.96 Å². The highest BCUT2D eigenvalue weighted by atomic mass is 32.2. The molecule has 0 fully saturated rings. The zero-order chi connectivity index (χ0) is 74.9. The number of alkyl halides is 6. The number of halogens is 6. The molecule has 103 heavy (non-hydrogen) atoms.